The predicted molar refractivity (Wildman–Crippen MR) is 70.7 cm³/mol. The van der Waals surface area contributed by atoms with Crippen LogP contribution in [-0.2, 0) is 0 Å². The van der Waals surface area contributed by atoms with E-state index in [4.69, 9.17) is 0 Å². The molecule has 2 heterocycles. The van der Waals surface area contributed by atoms with Gasteiger partial charge in [-0.1, -0.05) is 15.9 Å². The van der Waals surface area contributed by atoms with Crippen molar-refractivity contribution < 1.29 is 4.39 Å². The molecule has 0 saturated carbocycles. The molecule has 1 aromatic heterocycles. The minimum atomic E-state index is -0.269. The van der Waals surface area contributed by atoms with Crippen LogP contribution in [0.4, 0.5) is 4.39 Å². The highest BCUT2D eigenvalue weighted by Crippen LogP contribution is 2.26. The van der Waals surface area contributed by atoms with Crippen molar-refractivity contribution in [1.29, 1.82) is 0 Å². The van der Waals surface area contributed by atoms with E-state index in [1.165, 1.54) is 6.07 Å². The van der Waals surface area contributed by atoms with Crippen molar-refractivity contribution >= 4 is 15.9 Å². The number of benzene rings is 1. The molecule has 1 aliphatic heterocycles. The monoisotopic (exact) mass is 307 g/mol. The summed E-state index contributed by atoms with van der Waals surface area (Å²) in [6.07, 6.45) is 1.69. The lowest BCUT2D eigenvalue weighted by Gasteiger charge is -2.25. The van der Waals surface area contributed by atoms with Crippen LogP contribution < -0.4 is 5.32 Å². The summed E-state index contributed by atoms with van der Waals surface area (Å²) in [5, 5.41) is 3.18. The van der Waals surface area contributed by atoms with Crippen molar-refractivity contribution in [2.45, 2.75) is 5.92 Å². The van der Waals surface area contributed by atoms with Crippen LogP contribution in [0.25, 0.3) is 11.3 Å². The number of nitrogens with one attached hydrogen (secondary N) is 1. The number of hydrogen-bond acceptors (Lipinski definition) is 3. The Kier molecular flexibility index (Phi) is 3.09. The van der Waals surface area contributed by atoms with E-state index in [1.807, 2.05) is 0 Å². The van der Waals surface area contributed by atoms with E-state index in [-0.39, 0.29) is 5.82 Å². The summed E-state index contributed by atoms with van der Waals surface area (Å²) in [5.74, 6) is 0.861. The minimum absolute atomic E-state index is 0.269. The van der Waals surface area contributed by atoms with Gasteiger partial charge in [-0.3, -0.25) is 0 Å². The Morgan fingerprint density at radius 1 is 1.28 bits per heavy atom. The Balaban J connectivity index is 2.02. The standard InChI is InChI=1S/C13H11BrFN3/c14-9-1-2-11(15)10(5-9)12-3-4-17-13(18-12)8-6-16-7-8/h1-5,8,16H,6-7H2. The molecule has 3 rings (SSSR count). The summed E-state index contributed by atoms with van der Waals surface area (Å²) in [4.78, 5) is 8.71. The van der Waals surface area contributed by atoms with Crippen LogP contribution in [0.1, 0.15) is 11.7 Å². The third kappa shape index (κ3) is 2.15. The maximum atomic E-state index is 13.8. The van der Waals surface area contributed by atoms with Crippen molar-refractivity contribution in [3.05, 3.63) is 46.6 Å². The van der Waals surface area contributed by atoms with Crippen molar-refractivity contribution in [2.24, 2.45) is 0 Å². The molecule has 2 aromatic rings. The second-order valence-corrected chi connectivity index (χ2v) is 5.20. The van der Waals surface area contributed by atoms with E-state index in [0.717, 1.165) is 23.4 Å². The fraction of sp³-hybridized carbons (Fsp3) is 0.231. The van der Waals surface area contributed by atoms with E-state index in [1.54, 1.807) is 24.4 Å². The van der Waals surface area contributed by atoms with Crippen LogP contribution >= 0.6 is 15.9 Å². The van der Waals surface area contributed by atoms with Gasteiger partial charge in [-0.25, -0.2) is 14.4 Å². The normalized spacial score (nSPS) is 15.4. The predicted octanol–water partition coefficient (Wildman–Crippen LogP) is 2.73. The van der Waals surface area contributed by atoms with Gasteiger partial charge in [0.15, 0.2) is 0 Å². The highest BCUT2D eigenvalue weighted by Gasteiger charge is 2.22. The van der Waals surface area contributed by atoms with Crippen molar-refractivity contribution in [1.82, 2.24) is 15.3 Å². The van der Waals surface area contributed by atoms with Gasteiger partial charge in [0.05, 0.1) is 5.69 Å². The van der Waals surface area contributed by atoms with Crippen molar-refractivity contribution in [3.63, 3.8) is 0 Å². The summed E-state index contributed by atoms with van der Waals surface area (Å²) >= 11 is 3.35. The van der Waals surface area contributed by atoms with Crippen molar-refractivity contribution in [3.8, 4) is 11.3 Å². The topological polar surface area (TPSA) is 37.8 Å². The molecule has 0 radical (unpaired) electrons. The van der Waals surface area contributed by atoms with E-state index in [0.29, 0.717) is 17.2 Å². The molecular formula is C13H11BrFN3. The average Bonchev–Trinajstić information content (AvgIpc) is 2.30. The third-order valence-electron chi connectivity index (χ3n) is 3.03. The Hall–Kier alpha value is -1.33. The molecule has 1 N–H and O–H groups in total. The first-order valence-corrected chi connectivity index (χ1v) is 6.52. The van der Waals surface area contributed by atoms with Gasteiger partial charge in [-0.05, 0) is 24.3 Å². The lowest BCUT2D eigenvalue weighted by molar-refractivity contribution is 0.430. The van der Waals surface area contributed by atoms with Gasteiger partial charge >= 0.3 is 0 Å². The zero-order chi connectivity index (χ0) is 12.5. The molecule has 18 heavy (non-hydrogen) atoms. The summed E-state index contributed by atoms with van der Waals surface area (Å²) in [7, 11) is 0. The molecule has 5 heteroatoms. The molecule has 0 aliphatic carbocycles. The molecule has 0 unspecified atom stereocenters. The highest BCUT2D eigenvalue weighted by atomic mass is 79.9. The summed E-state index contributed by atoms with van der Waals surface area (Å²) in [5.41, 5.74) is 1.13. The third-order valence-corrected chi connectivity index (χ3v) is 3.52. The van der Waals surface area contributed by atoms with Crippen molar-refractivity contribution in [2.75, 3.05) is 13.1 Å². The Morgan fingerprint density at radius 2 is 2.11 bits per heavy atom. The number of halogens is 2. The lowest BCUT2D eigenvalue weighted by atomic mass is 10.0. The van der Waals surface area contributed by atoms with E-state index in [2.05, 4.69) is 31.2 Å². The minimum Gasteiger partial charge on any atom is -0.315 e. The quantitative estimate of drug-likeness (QED) is 0.927. The first-order valence-electron chi connectivity index (χ1n) is 5.73. The molecule has 0 atom stereocenters. The van der Waals surface area contributed by atoms with Gasteiger partial charge < -0.3 is 5.32 Å². The van der Waals surface area contributed by atoms with Gasteiger partial charge in [0.2, 0.25) is 0 Å². The van der Waals surface area contributed by atoms with E-state index < -0.39 is 0 Å². The molecule has 0 spiro atoms. The molecular weight excluding hydrogens is 297 g/mol. The zero-order valence-corrected chi connectivity index (χ0v) is 11.1. The molecule has 1 aliphatic rings. The first kappa shape index (κ1) is 11.7. The Labute approximate surface area is 113 Å². The Morgan fingerprint density at radius 3 is 2.83 bits per heavy atom. The van der Waals surface area contributed by atoms with Crippen LogP contribution in [0.15, 0.2) is 34.9 Å². The highest BCUT2D eigenvalue weighted by molar-refractivity contribution is 9.10. The molecule has 92 valence electrons. The van der Waals surface area contributed by atoms with E-state index >= 15 is 0 Å². The van der Waals surface area contributed by atoms with Gasteiger partial charge in [0.25, 0.3) is 0 Å². The lowest BCUT2D eigenvalue weighted by Crippen LogP contribution is -2.40. The molecule has 1 fully saturated rings. The maximum absolute atomic E-state index is 13.8. The van der Waals surface area contributed by atoms with E-state index in [9.17, 15) is 4.39 Å². The van der Waals surface area contributed by atoms with Gasteiger partial charge in [-0.2, -0.15) is 0 Å². The number of aromatic nitrogens is 2. The molecule has 3 nitrogen and oxygen atoms in total. The second kappa shape index (κ2) is 4.74. The summed E-state index contributed by atoms with van der Waals surface area (Å²) in [6.45, 7) is 1.79. The van der Waals surface area contributed by atoms with Gasteiger partial charge in [-0.15, -0.1) is 0 Å². The number of hydrogen-bond donors (Lipinski definition) is 1. The SMILES string of the molecule is Fc1ccc(Br)cc1-c1ccnc(C2CNC2)n1. The molecule has 1 saturated heterocycles. The van der Waals surface area contributed by atoms with Crippen LogP contribution in [0.2, 0.25) is 0 Å². The maximum Gasteiger partial charge on any atom is 0.134 e. The second-order valence-electron chi connectivity index (χ2n) is 4.28. The summed E-state index contributed by atoms with van der Waals surface area (Å²) in [6, 6.07) is 6.59. The van der Waals surface area contributed by atoms with Gasteiger partial charge in [0.1, 0.15) is 11.6 Å². The van der Waals surface area contributed by atoms with Gasteiger partial charge in [0, 0.05) is 35.2 Å². The molecule has 0 bridgehead atoms. The zero-order valence-electron chi connectivity index (χ0n) is 9.53. The number of nitrogens with zero attached hydrogens (tertiary/aromatic N) is 2. The van der Waals surface area contributed by atoms with Crippen LogP contribution in [0.5, 0.6) is 0 Å². The fourth-order valence-electron chi connectivity index (χ4n) is 1.89. The average molecular weight is 308 g/mol. The first-order chi connectivity index (χ1) is 8.74. The summed E-state index contributed by atoms with van der Waals surface area (Å²) < 4.78 is 14.6. The Bertz CT molecular complexity index is 584. The molecule has 0 amide bonds. The smallest absolute Gasteiger partial charge is 0.134 e. The largest absolute Gasteiger partial charge is 0.315 e. The van der Waals surface area contributed by atoms with Crippen LogP contribution in [0, 0.1) is 5.82 Å². The number of rotatable bonds is 2. The van der Waals surface area contributed by atoms with Crippen LogP contribution in [0.3, 0.4) is 0 Å². The molecule has 1 aromatic carbocycles. The fourth-order valence-corrected chi connectivity index (χ4v) is 2.25. The van der Waals surface area contributed by atoms with Crippen LogP contribution in [-0.4, -0.2) is 23.1 Å².